The predicted octanol–water partition coefficient (Wildman–Crippen LogP) is 3.36. The number of nitrogens with one attached hydrogen (secondary N) is 2. The summed E-state index contributed by atoms with van der Waals surface area (Å²) in [7, 11) is 0. The van der Waals surface area contributed by atoms with Crippen molar-refractivity contribution in [2.24, 2.45) is 5.92 Å². The van der Waals surface area contributed by atoms with Crippen molar-refractivity contribution in [3.8, 4) is 0 Å². The highest BCUT2D eigenvalue weighted by Crippen LogP contribution is 2.24. The summed E-state index contributed by atoms with van der Waals surface area (Å²) in [6.45, 7) is 3.29. The molecule has 1 atom stereocenters. The third-order valence-electron chi connectivity index (χ3n) is 4.79. The normalized spacial score (nSPS) is 16.7. The number of rotatable bonds is 7. The third kappa shape index (κ3) is 5.96. The lowest BCUT2D eigenvalue weighted by atomic mass is 10.1. The van der Waals surface area contributed by atoms with E-state index < -0.39 is 0 Å². The number of benzene rings is 2. The van der Waals surface area contributed by atoms with Gasteiger partial charge in [-0.25, -0.2) is 0 Å². The average Bonchev–Trinajstić information content (AvgIpc) is 3.15. The maximum absolute atomic E-state index is 12.0. The van der Waals surface area contributed by atoms with Crippen LogP contribution in [0.2, 0.25) is 10.0 Å². The quantitative estimate of drug-likeness (QED) is 0.722. The summed E-state index contributed by atoms with van der Waals surface area (Å²) in [5.41, 5.74) is 1.67. The monoisotopic (exact) mass is 419 g/mol. The van der Waals surface area contributed by atoms with E-state index in [4.69, 9.17) is 23.2 Å². The fourth-order valence-corrected chi connectivity index (χ4v) is 3.61. The van der Waals surface area contributed by atoms with Gasteiger partial charge < -0.3 is 10.6 Å². The van der Waals surface area contributed by atoms with Crippen LogP contribution >= 0.6 is 23.2 Å². The van der Waals surface area contributed by atoms with Crippen molar-refractivity contribution in [2.45, 2.75) is 13.0 Å². The highest BCUT2D eigenvalue weighted by molar-refractivity contribution is 6.42. The zero-order chi connectivity index (χ0) is 19.9. The first-order chi connectivity index (χ1) is 13.5. The Morgan fingerprint density at radius 2 is 1.82 bits per heavy atom. The van der Waals surface area contributed by atoms with Gasteiger partial charge in [0.05, 0.1) is 16.6 Å². The highest BCUT2D eigenvalue weighted by Gasteiger charge is 2.23. The predicted molar refractivity (Wildman–Crippen MR) is 112 cm³/mol. The molecule has 1 aliphatic heterocycles. The maximum Gasteiger partial charge on any atom is 0.251 e. The fourth-order valence-electron chi connectivity index (χ4n) is 3.29. The van der Waals surface area contributed by atoms with Crippen LogP contribution in [-0.4, -0.2) is 42.9 Å². The van der Waals surface area contributed by atoms with Crippen molar-refractivity contribution in [2.75, 3.05) is 26.2 Å². The number of carbonyl (C=O) groups excluding carboxylic acids is 2. The summed E-state index contributed by atoms with van der Waals surface area (Å²) in [4.78, 5) is 26.3. The molecule has 1 heterocycles. The number of likely N-dealkylation sites (tertiary alicyclic amines) is 1. The lowest BCUT2D eigenvalue weighted by Crippen LogP contribution is -2.39. The standard InChI is InChI=1S/C21H23Cl2N3O2/c22-18-7-6-15(10-19(18)23)13-26-9-8-16(14-26)11-24-20(27)12-25-21(28)17-4-2-1-3-5-17/h1-7,10,16H,8-9,11-14H2,(H,24,27)(H,25,28). The maximum atomic E-state index is 12.0. The number of carbonyl (C=O) groups is 2. The first-order valence-electron chi connectivity index (χ1n) is 9.27. The molecule has 7 heteroatoms. The molecule has 2 N–H and O–H groups in total. The number of hydrogen-bond donors (Lipinski definition) is 2. The van der Waals surface area contributed by atoms with Crippen LogP contribution in [0.15, 0.2) is 48.5 Å². The largest absolute Gasteiger partial charge is 0.354 e. The molecule has 0 saturated carbocycles. The zero-order valence-corrected chi connectivity index (χ0v) is 17.0. The van der Waals surface area contributed by atoms with Crippen LogP contribution in [0.25, 0.3) is 0 Å². The first-order valence-corrected chi connectivity index (χ1v) is 10.0. The number of nitrogens with zero attached hydrogens (tertiary/aromatic N) is 1. The summed E-state index contributed by atoms with van der Waals surface area (Å²) in [5.74, 6) is -0.0202. The van der Waals surface area contributed by atoms with Crippen molar-refractivity contribution in [1.82, 2.24) is 15.5 Å². The molecule has 2 aromatic rings. The van der Waals surface area contributed by atoms with Gasteiger partial charge in [-0.05, 0) is 48.7 Å². The minimum Gasteiger partial charge on any atom is -0.354 e. The fraction of sp³-hybridized carbons (Fsp3) is 0.333. The molecule has 0 bridgehead atoms. The van der Waals surface area contributed by atoms with E-state index in [1.165, 1.54) is 0 Å². The van der Waals surface area contributed by atoms with Gasteiger partial charge in [-0.2, -0.15) is 0 Å². The Morgan fingerprint density at radius 3 is 2.57 bits per heavy atom. The van der Waals surface area contributed by atoms with Gasteiger partial charge in [0, 0.05) is 25.2 Å². The van der Waals surface area contributed by atoms with Gasteiger partial charge >= 0.3 is 0 Å². The van der Waals surface area contributed by atoms with E-state index in [9.17, 15) is 9.59 Å². The van der Waals surface area contributed by atoms with E-state index in [-0.39, 0.29) is 18.4 Å². The Bertz CT molecular complexity index is 830. The Kier molecular flexibility index (Phi) is 7.31. The van der Waals surface area contributed by atoms with Crippen LogP contribution in [0, 0.1) is 5.92 Å². The molecule has 1 unspecified atom stereocenters. The molecule has 0 aromatic heterocycles. The summed E-state index contributed by atoms with van der Waals surface area (Å²) in [6, 6.07) is 14.6. The van der Waals surface area contributed by atoms with Crippen molar-refractivity contribution in [1.29, 1.82) is 0 Å². The van der Waals surface area contributed by atoms with E-state index in [0.717, 1.165) is 31.6 Å². The molecule has 5 nitrogen and oxygen atoms in total. The molecule has 2 aromatic carbocycles. The molecule has 1 saturated heterocycles. The molecule has 1 aliphatic rings. The Morgan fingerprint density at radius 1 is 1.04 bits per heavy atom. The van der Waals surface area contributed by atoms with Crippen molar-refractivity contribution < 1.29 is 9.59 Å². The molecular formula is C21H23Cl2N3O2. The van der Waals surface area contributed by atoms with Gasteiger partial charge in [-0.15, -0.1) is 0 Å². The molecule has 0 radical (unpaired) electrons. The van der Waals surface area contributed by atoms with Gasteiger partial charge in [0.25, 0.3) is 5.91 Å². The summed E-state index contributed by atoms with van der Waals surface area (Å²) < 4.78 is 0. The van der Waals surface area contributed by atoms with Gasteiger partial charge in [0.2, 0.25) is 5.91 Å². The van der Waals surface area contributed by atoms with E-state index in [2.05, 4.69) is 15.5 Å². The lowest BCUT2D eigenvalue weighted by molar-refractivity contribution is -0.120. The third-order valence-corrected chi connectivity index (χ3v) is 5.53. The van der Waals surface area contributed by atoms with E-state index >= 15 is 0 Å². The Balaban J connectivity index is 1.36. The average molecular weight is 420 g/mol. The smallest absolute Gasteiger partial charge is 0.251 e. The molecule has 148 valence electrons. The second kappa shape index (κ2) is 9.92. The van der Waals surface area contributed by atoms with Gasteiger partial charge in [0.15, 0.2) is 0 Å². The topological polar surface area (TPSA) is 61.4 Å². The van der Waals surface area contributed by atoms with E-state index in [0.29, 0.717) is 28.1 Å². The summed E-state index contributed by atoms with van der Waals surface area (Å²) >= 11 is 12.0. The van der Waals surface area contributed by atoms with Crippen molar-refractivity contribution in [3.05, 3.63) is 69.7 Å². The van der Waals surface area contributed by atoms with Crippen LogP contribution in [0.4, 0.5) is 0 Å². The van der Waals surface area contributed by atoms with Crippen LogP contribution in [0.1, 0.15) is 22.3 Å². The molecule has 0 aliphatic carbocycles. The molecule has 2 amide bonds. The molecule has 1 fully saturated rings. The van der Waals surface area contributed by atoms with Crippen LogP contribution in [-0.2, 0) is 11.3 Å². The van der Waals surface area contributed by atoms with Gasteiger partial charge in [-0.1, -0.05) is 47.5 Å². The summed E-state index contributed by atoms with van der Waals surface area (Å²) in [5, 5.41) is 6.69. The molecule has 28 heavy (non-hydrogen) atoms. The molecule has 0 spiro atoms. The van der Waals surface area contributed by atoms with E-state index in [1.807, 2.05) is 24.3 Å². The zero-order valence-electron chi connectivity index (χ0n) is 15.5. The number of halogens is 2. The second-order valence-corrected chi connectivity index (χ2v) is 7.81. The number of hydrogen-bond acceptors (Lipinski definition) is 3. The second-order valence-electron chi connectivity index (χ2n) is 6.99. The van der Waals surface area contributed by atoms with Crippen molar-refractivity contribution >= 4 is 35.0 Å². The highest BCUT2D eigenvalue weighted by atomic mass is 35.5. The lowest BCUT2D eigenvalue weighted by Gasteiger charge is -2.17. The Labute approximate surface area is 175 Å². The SMILES string of the molecule is O=C(CNC(=O)c1ccccc1)NCC1CCN(Cc2ccc(Cl)c(Cl)c2)C1. The molecule has 3 rings (SSSR count). The minimum absolute atomic E-state index is 0.0204. The number of amides is 2. The first kappa shape index (κ1) is 20.6. The molecular weight excluding hydrogens is 397 g/mol. The van der Waals surface area contributed by atoms with Gasteiger partial charge in [0.1, 0.15) is 0 Å². The van der Waals surface area contributed by atoms with E-state index in [1.54, 1.807) is 24.3 Å². The van der Waals surface area contributed by atoms with Crippen LogP contribution in [0.3, 0.4) is 0 Å². The van der Waals surface area contributed by atoms with Crippen LogP contribution < -0.4 is 10.6 Å². The van der Waals surface area contributed by atoms with Crippen molar-refractivity contribution in [3.63, 3.8) is 0 Å². The summed E-state index contributed by atoms with van der Waals surface area (Å²) in [6.07, 6.45) is 1.03. The van der Waals surface area contributed by atoms with Crippen LogP contribution in [0.5, 0.6) is 0 Å². The van der Waals surface area contributed by atoms with Gasteiger partial charge in [-0.3, -0.25) is 14.5 Å². The minimum atomic E-state index is -0.246. The Hall–Kier alpha value is -2.08.